The molecule has 0 spiro atoms. The first kappa shape index (κ1) is 23.0. The molecular formula is C17H28ClIN4O. The van der Waals surface area contributed by atoms with E-state index in [2.05, 4.69) is 27.9 Å². The highest BCUT2D eigenvalue weighted by molar-refractivity contribution is 14.0. The van der Waals surface area contributed by atoms with Gasteiger partial charge in [0.05, 0.1) is 12.6 Å². The van der Waals surface area contributed by atoms with Gasteiger partial charge in [0.25, 0.3) is 0 Å². The van der Waals surface area contributed by atoms with E-state index in [0.717, 1.165) is 23.1 Å². The number of hydrogen-bond donors (Lipinski definition) is 3. The number of nitrogens with zero attached hydrogens (tertiary/aromatic N) is 1. The van der Waals surface area contributed by atoms with E-state index in [1.54, 1.807) is 0 Å². The maximum atomic E-state index is 11.5. The Morgan fingerprint density at radius 2 is 1.96 bits per heavy atom. The summed E-state index contributed by atoms with van der Waals surface area (Å²) in [5.74, 6) is 0.761. The second-order valence-corrected chi connectivity index (χ2v) is 6.06. The predicted octanol–water partition coefficient (Wildman–Crippen LogP) is 3.35. The zero-order valence-electron chi connectivity index (χ0n) is 14.7. The number of guanidine groups is 1. The van der Waals surface area contributed by atoms with Gasteiger partial charge in [0, 0.05) is 24.0 Å². The molecule has 0 radical (unpaired) electrons. The molecule has 1 aromatic carbocycles. The molecule has 1 atom stereocenters. The lowest BCUT2D eigenvalue weighted by Crippen LogP contribution is -2.39. The molecule has 24 heavy (non-hydrogen) atoms. The van der Waals surface area contributed by atoms with Gasteiger partial charge in [0.1, 0.15) is 0 Å². The van der Waals surface area contributed by atoms with Crippen molar-refractivity contribution in [3.8, 4) is 0 Å². The molecule has 0 saturated heterocycles. The van der Waals surface area contributed by atoms with Crippen LogP contribution >= 0.6 is 35.6 Å². The molecule has 0 bridgehead atoms. The van der Waals surface area contributed by atoms with Crippen molar-refractivity contribution in [2.45, 2.75) is 33.7 Å². The van der Waals surface area contributed by atoms with Crippen molar-refractivity contribution < 1.29 is 4.79 Å². The zero-order valence-corrected chi connectivity index (χ0v) is 17.8. The molecule has 136 valence electrons. The Morgan fingerprint density at radius 1 is 1.25 bits per heavy atom. The minimum atomic E-state index is -0.00630. The molecule has 0 heterocycles. The minimum absolute atomic E-state index is 0. The smallest absolute Gasteiger partial charge is 0.222 e. The fraction of sp³-hybridized carbons (Fsp3) is 0.529. The van der Waals surface area contributed by atoms with Crippen LogP contribution in [-0.2, 0) is 4.79 Å². The van der Waals surface area contributed by atoms with E-state index in [1.165, 1.54) is 0 Å². The molecule has 1 aromatic rings. The molecule has 0 saturated carbocycles. The summed E-state index contributed by atoms with van der Waals surface area (Å²) >= 11 is 6.03. The average molecular weight is 467 g/mol. The van der Waals surface area contributed by atoms with Gasteiger partial charge < -0.3 is 16.0 Å². The van der Waals surface area contributed by atoms with Gasteiger partial charge in [-0.1, -0.05) is 37.6 Å². The molecule has 7 heteroatoms. The van der Waals surface area contributed by atoms with E-state index in [0.29, 0.717) is 13.1 Å². The van der Waals surface area contributed by atoms with Crippen LogP contribution in [0, 0.1) is 5.92 Å². The number of carbonyl (C=O) groups is 1. The lowest BCUT2D eigenvalue weighted by molar-refractivity contribution is -0.123. The molecule has 0 fully saturated rings. The molecular weight excluding hydrogens is 439 g/mol. The lowest BCUT2D eigenvalue weighted by Gasteiger charge is -2.18. The highest BCUT2D eigenvalue weighted by Crippen LogP contribution is 2.17. The van der Waals surface area contributed by atoms with E-state index >= 15 is 0 Å². The van der Waals surface area contributed by atoms with E-state index in [-0.39, 0.29) is 41.8 Å². The first-order valence-electron chi connectivity index (χ1n) is 8.02. The van der Waals surface area contributed by atoms with E-state index in [9.17, 15) is 4.79 Å². The van der Waals surface area contributed by atoms with Gasteiger partial charge in [0.2, 0.25) is 5.91 Å². The van der Waals surface area contributed by atoms with Crippen LogP contribution in [0.3, 0.4) is 0 Å². The number of halogens is 2. The van der Waals surface area contributed by atoms with Crippen LogP contribution in [0.4, 0.5) is 0 Å². The van der Waals surface area contributed by atoms with E-state index in [1.807, 2.05) is 45.0 Å². The summed E-state index contributed by atoms with van der Waals surface area (Å²) < 4.78 is 0. The van der Waals surface area contributed by atoms with Crippen LogP contribution in [-0.4, -0.2) is 31.5 Å². The van der Waals surface area contributed by atoms with Gasteiger partial charge in [0.15, 0.2) is 5.96 Å². The van der Waals surface area contributed by atoms with Gasteiger partial charge in [-0.2, -0.15) is 0 Å². The monoisotopic (exact) mass is 466 g/mol. The fourth-order valence-corrected chi connectivity index (χ4v) is 2.13. The molecule has 0 aliphatic rings. The Kier molecular flexibility index (Phi) is 11.8. The maximum Gasteiger partial charge on any atom is 0.222 e. The Morgan fingerprint density at radius 3 is 2.54 bits per heavy atom. The van der Waals surface area contributed by atoms with Gasteiger partial charge >= 0.3 is 0 Å². The summed E-state index contributed by atoms with van der Waals surface area (Å²) in [6, 6.07) is 7.83. The van der Waals surface area contributed by atoms with Crippen LogP contribution in [0.2, 0.25) is 5.02 Å². The SMILES string of the molecule is CCNC(=NCCNC(=O)C(C)C)NC(C)c1cccc(Cl)c1.I. The molecule has 0 aliphatic heterocycles. The van der Waals surface area contributed by atoms with Gasteiger partial charge in [-0.25, -0.2) is 0 Å². The van der Waals surface area contributed by atoms with Crippen molar-refractivity contribution in [1.82, 2.24) is 16.0 Å². The first-order chi connectivity index (χ1) is 10.9. The predicted molar refractivity (Wildman–Crippen MR) is 112 cm³/mol. The highest BCUT2D eigenvalue weighted by Gasteiger charge is 2.08. The average Bonchev–Trinajstić information content (AvgIpc) is 2.51. The summed E-state index contributed by atoms with van der Waals surface area (Å²) in [4.78, 5) is 16.0. The molecule has 5 nitrogen and oxygen atoms in total. The third-order valence-electron chi connectivity index (χ3n) is 3.25. The summed E-state index contributed by atoms with van der Waals surface area (Å²) in [6.45, 7) is 9.64. The van der Waals surface area contributed by atoms with Crippen LogP contribution in [0.1, 0.15) is 39.3 Å². The van der Waals surface area contributed by atoms with Crippen molar-refractivity contribution >= 4 is 47.4 Å². The third-order valence-corrected chi connectivity index (χ3v) is 3.49. The number of carbonyl (C=O) groups excluding carboxylic acids is 1. The molecule has 1 amide bonds. The minimum Gasteiger partial charge on any atom is -0.357 e. The van der Waals surface area contributed by atoms with Gasteiger partial charge in [-0.05, 0) is 31.5 Å². The maximum absolute atomic E-state index is 11.5. The number of rotatable bonds is 7. The third kappa shape index (κ3) is 8.73. The molecule has 1 rings (SSSR count). The van der Waals surface area contributed by atoms with Crippen molar-refractivity contribution in [2.75, 3.05) is 19.6 Å². The zero-order chi connectivity index (χ0) is 17.2. The Hall–Kier alpha value is -1.02. The molecule has 0 aromatic heterocycles. The van der Waals surface area contributed by atoms with E-state index < -0.39 is 0 Å². The second-order valence-electron chi connectivity index (χ2n) is 5.63. The number of aliphatic imine (C=N–C) groups is 1. The Bertz CT molecular complexity index is 537. The summed E-state index contributed by atoms with van der Waals surface area (Å²) in [6.07, 6.45) is 0. The van der Waals surface area contributed by atoms with Crippen molar-refractivity contribution in [3.63, 3.8) is 0 Å². The van der Waals surface area contributed by atoms with Crippen LogP contribution in [0.25, 0.3) is 0 Å². The first-order valence-corrected chi connectivity index (χ1v) is 8.39. The van der Waals surface area contributed by atoms with Crippen LogP contribution in [0.5, 0.6) is 0 Å². The molecule has 0 aliphatic carbocycles. The van der Waals surface area contributed by atoms with Crippen molar-refractivity contribution in [3.05, 3.63) is 34.9 Å². The summed E-state index contributed by atoms with van der Waals surface area (Å²) in [7, 11) is 0. The normalized spacial score (nSPS) is 12.3. The summed E-state index contributed by atoms with van der Waals surface area (Å²) in [5, 5.41) is 10.1. The number of benzene rings is 1. The van der Waals surface area contributed by atoms with Crippen molar-refractivity contribution in [1.29, 1.82) is 0 Å². The number of amides is 1. The topological polar surface area (TPSA) is 65.5 Å². The Labute approximate surface area is 167 Å². The van der Waals surface area contributed by atoms with E-state index in [4.69, 9.17) is 11.6 Å². The Balaban J connectivity index is 0.00000529. The van der Waals surface area contributed by atoms with Gasteiger partial charge in [-0.15, -0.1) is 24.0 Å². The van der Waals surface area contributed by atoms with Crippen LogP contribution in [0.15, 0.2) is 29.3 Å². The fourth-order valence-electron chi connectivity index (χ4n) is 1.94. The molecule has 3 N–H and O–H groups in total. The highest BCUT2D eigenvalue weighted by atomic mass is 127. The van der Waals surface area contributed by atoms with Crippen molar-refractivity contribution in [2.24, 2.45) is 10.9 Å². The standard InChI is InChI=1S/C17H27ClN4O.HI/c1-5-19-17(21-10-9-20-16(23)12(2)3)22-13(4)14-7-6-8-15(18)11-14;/h6-8,11-13H,5,9-10H2,1-4H3,(H,20,23)(H2,19,21,22);1H. The molecule has 1 unspecified atom stereocenters. The number of hydrogen-bond acceptors (Lipinski definition) is 2. The second kappa shape index (κ2) is 12.4. The largest absolute Gasteiger partial charge is 0.357 e. The quantitative estimate of drug-likeness (QED) is 0.250. The van der Waals surface area contributed by atoms with Gasteiger partial charge in [-0.3, -0.25) is 9.79 Å². The number of nitrogens with one attached hydrogen (secondary N) is 3. The lowest BCUT2D eigenvalue weighted by atomic mass is 10.1. The summed E-state index contributed by atoms with van der Waals surface area (Å²) in [5.41, 5.74) is 1.09. The van der Waals surface area contributed by atoms with Crippen LogP contribution < -0.4 is 16.0 Å².